The lowest BCUT2D eigenvalue weighted by atomic mass is 10.6. The van der Waals surface area contributed by atoms with Crippen LogP contribution < -0.4 is 5.32 Å². The minimum Gasteiger partial charge on any atom is -0.416 e. The summed E-state index contributed by atoms with van der Waals surface area (Å²) in [5, 5.41) is 2.75. The molecule has 0 saturated carbocycles. The van der Waals surface area contributed by atoms with Crippen molar-refractivity contribution in [3.63, 3.8) is 0 Å². The van der Waals surface area contributed by atoms with Crippen molar-refractivity contribution in [3.05, 3.63) is 0 Å². The summed E-state index contributed by atoms with van der Waals surface area (Å²) in [6.45, 7) is 8.76. The van der Waals surface area contributed by atoms with Gasteiger partial charge in [0.05, 0.1) is 0 Å². The van der Waals surface area contributed by atoms with Gasteiger partial charge >= 0.3 is 0 Å². The van der Waals surface area contributed by atoms with Crippen LogP contribution in [0.5, 0.6) is 0 Å². The summed E-state index contributed by atoms with van der Waals surface area (Å²) in [6.07, 6.45) is 1.25. The number of hydrogen-bond acceptors (Lipinski definition) is 3. The maximum Gasteiger partial charge on any atom is 0.186 e. The molecule has 0 aromatic carbocycles. The van der Waals surface area contributed by atoms with E-state index in [1.807, 2.05) is 14.1 Å². The van der Waals surface area contributed by atoms with Gasteiger partial charge in [0.25, 0.3) is 0 Å². The van der Waals surface area contributed by atoms with Crippen molar-refractivity contribution >= 4 is 8.32 Å². The highest BCUT2D eigenvalue weighted by atomic mass is 28.4. The van der Waals surface area contributed by atoms with E-state index in [4.69, 9.17) is 4.43 Å². The fourth-order valence-corrected chi connectivity index (χ4v) is 3.17. The predicted molar refractivity (Wildman–Crippen MR) is 72.1 cm³/mol. The second-order valence-corrected chi connectivity index (χ2v) is 8.97. The van der Waals surface area contributed by atoms with Crippen molar-refractivity contribution in [1.82, 2.24) is 10.2 Å². The van der Waals surface area contributed by atoms with Gasteiger partial charge in [0.15, 0.2) is 8.32 Å². The van der Waals surface area contributed by atoms with Gasteiger partial charge in [-0.1, -0.05) is 13.3 Å². The number of hydrogen-bond donors (Lipinski definition) is 1. The molecule has 0 atom stereocenters. The van der Waals surface area contributed by atoms with E-state index in [2.05, 4.69) is 44.3 Å². The van der Waals surface area contributed by atoms with Crippen LogP contribution in [0, 0.1) is 0 Å². The summed E-state index contributed by atoms with van der Waals surface area (Å²) in [5.41, 5.74) is 0. The molecule has 1 N–H and O–H groups in total. The molecule has 0 amide bonds. The molecule has 0 heterocycles. The van der Waals surface area contributed by atoms with E-state index >= 15 is 0 Å². The predicted octanol–water partition coefficient (Wildman–Crippen LogP) is 2.02. The normalized spacial score (nSPS) is 11.2. The first-order valence-electron chi connectivity index (χ1n) is 5.76. The summed E-state index contributed by atoms with van der Waals surface area (Å²) >= 11 is 0. The van der Waals surface area contributed by atoms with E-state index in [1.165, 1.54) is 12.5 Å². The first kappa shape index (κ1) is 17.5. The molecule has 0 fully saturated rings. The lowest BCUT2D eigenvalue weighted by molar-refractivity contribution is 0.253. The molecule has 0 aromatic heterocycles. The Hall–Kier alpha value is 0.0969. The molecule has 0 spiro atoms. The molecule has 0 aliphatic carbocycles. The van der Waals surface area contributed by atoms with Crippen LogP contribution in [-0.2, 0) is 4.43 Å². The standard InChI is InChI=1S/C9H23NOSi.C2H7N/c1-6-9-12(4,5)11-8-7-10(2)3;1-3-2/h6-9H2,1-5H3;3H,1-2H3. The first-order chi connectivity index (χ1) is 6.89. The molecule has 0 aliphatic rings. The molecule has 0 saturated heterocycles. The molecule has 4 heteroatoms. The van der Waals surface area contributed by atoms with Crippen LogP contribution in [0.25, 0.3) is 0 Å². The molecule has 0 bridgehead atoms. The van der Waals surface area contributed by atoms with Gasteiger partial charge in [-0.3, -0.25) is 0 Å². The van der Waals surface area contributed by atoms with Crippen molar-refractivity contribution in [2.45, 2.75) is 32.5 Å². The largest absolute Gasteiger partial charge is 0.416 e. The zero-order valence-corrected chi connectivity index (χ0v) is 12.7. The highest BCUT2D eigenvalue weighted by Crippen LogP contribution is 2.12. The van der Waals surface area contributed by atoms with E-state index in [9.17, 15) is 0 Å². The monoisotopic (exact) mass is 234 g/mol. The molecular formula is C11H30N2OSi. The van der Waals surface area contributed by atoms with E-state index in [0.717, 1.165) is 13.2 Å². The van der Waals surface area contributed by atoms with Gasteiger partial charge < -0.3 is 14.6 Å². The SMILES string of the molecule is CCC[Si](C)(C)OCCN(C)C.CNC. The summed E-state index contributed by atoms with van der Waals surface area (Å²) in [4.78, 5) is 2.16. The molecule has 94 valence electrons. The van der Waals surface area contributed by atoms with Crippen molar-refractivity contribution < 1.29 is 4.43 Å². The van der Waals surface area contributed by atoms with Crippen LogP contribution in [-0.4, -0.2) is 54.6 Å². The second-order valence-electron chi connectivity index (χ2n) is 4.66. The lowest BCUT2D eigenvalue weighted by Crippen LogP contribution is -2.33. The van der Waals surface area contributed by atoms with Crippen LogP contribution in [0.3, 0.4) is 0 Å². The van der Waals surface area contributed by atoms with E-state index in [0.29, 0.717) is 0 Å². The Labute approximate surface area is 97.3 Å². The number of rotatable bonds is 6. The van der Waals surface area contributed by atoms with Crippen LogP contribution in [0.4, 0.5) is 0 Å². The molecule has 3 nitrogen and oxygen atoms in total. The Morgan fingerprint density at radius 1 is 1.20 bits per heavy atom. The Balaban J connectivity index is 0. The Morgan fingerprint density at radius 3 is 2.00 bits per heavy atom. The van der Waals surface area contributed by atoms with Gasteiger partial charge in [-0.05, 0) is 47.3 Å². The van der Waals surface area contributed by atoms with Crippen molar-refractivity contribution in [1.29, 1.82) is 0 Å². The highest BCUT2D eigenvalue weighted by Gasteiger charge is 2.20. The Bertz CT molecular complexity index is 130. The Kier molecular flexibility index (Phi) is 12.4. The zero-order chi connectivity index (χ0) is 12.3. The van der Waals surface area contributed by atoms with Crippen LogP contribution in [0.15, 0.2) is 0 Å². The molecule has 0 radical (unpaired) electrons. The lowest BCUT2D eigenvalue weighted by Gasteiger charge is -2.23. The average molecular weight is 234 g/mol. The average Bonchev–Trinajstić information content (AvgIpc) is 2.03. The fourth-order valence-electron chi connectivity index (χ4n) is 1.18. The fraction of sp³-hybridized carbons (Fsp3) is 1.00. The van der Waals surface area contributed by atoms with Crippen molar-refractivity contribution in [3.8, 4) is 0 Å². The zero-order valence-electron chi connectivity index (χ0n) is 11.7. The topological polar surface area (TPSA) is 24.5 Å². The number of likely N-dealkylation sites (N-methyl/N-ethyl adjacent to an activating group) is 1. The van der Waals surface area contributed by atoms with Crippen LogP contribution >= 0.6 is 0 Å². The third-order valence-corrected chi connectivity index (χ3v) is 4.57. The van der Waals surface area contributed by atoms with Crippen LogP contribution in [0.1, 0.15) is 13.3 Å². The van der Waals surface area contributed by atoms with Crippen molar-refractivity contribution in [2.75, 3.05) is 41.3 Å². The van der Waals surface area contributed by atoms with Gasteiger partial charge in [-0.2, -0.15) is 0 Å². The van der Waals surface area contributed by atoms with Gasteiger partial charge in [0, 0.05) is 13.2 Å². The van der Waals surface area contributed by atoms with E-state index < -0.39 is 8.32 Å². The maximum atomic E-state index is 5.88. The number of nitrogens with one attached hydrogen (secondary N) is 1. The first-order valence-corrected chi connectivity index (χ1v) is 8.88. The minimum absolute atomic E-state index is 0.895. The molecular weight excluding hydrogens is 204 g/mol. The molecule has 15 heavy (non-hydrogen) atoms. The van der Waals surface area contributed by atoms with Crippen molar-refractivity contribution in [2.24, 2.45) is 0 Å². The third-order valence-electron chi connectivity index (χ3n) is 1.88. The van der Waals surface area contributed by atoms with E-state index in [1.54, 1.807) is 0 Å². The Morgan fingerprint density at radius 2 is 1.67 bits per heavy atom. The second kappa shape index (κ2) is 10.6. The maximum absolute atomic E-state index is 5.88. The third kappa shape index (κ3) is 16.8. The van der Waals surface area contributed by atoms with Gasteiger partial charge in [0.1, 0.15) is 0 Å². The van der Waals surface area contributed by atoms with Gasteiger partial charge in [0.2, 0.25) is 0 Å². The van der Waals surface area contributed by atoms with Gasteiger partial charge in [-0.15, -0.1) is 0 Å². The molecule has 0 rings (SSSR count). The minimum atomic E-state index is -1.30. The van der Waals surface area contributed by atoms with E-state index in [-0.39, 0.29) is 0 Å². The molecule has 0 aliphatic heterocycles. The summed E-state index contributed by atoms with van der Waals surface area (Å²) in [7, 11) is 6.62. The molecule has 0 unspecified atom stereocenters. The summed E-state index contributed by atoms with van der Waals surface area (Å²) in [6, 6.07) is 1.28. The summed E-state index contributed by atoms with van der Waals surface area (Å²) < 4.78 is 5.88. The number of nitrogens with zero attached hydrogens (tertiary/aromatic N) is 1. The molecule has 0 aromatic rings. The highest BCUT2D eigenvalue weighted by molar-refractivity contribution is 6.71. The summed E-state index contributed by atoms with van der Waals surface area (Å²) in [5.74, 6) is 0. The van der Waals surface area contributed by atoms with Crippen LogP contribution in [0.2, 0.25) is 19.1 Å². The smallest absolute Gasteiger partial charge is 0.186 e. The van der Waals surface area contributed by atoms with Gasteiger partial charge in [-0.25, -0.2) is 0 Å². The quantitative estimate of drug-likeness (QED) is 0.712.